The first-order chi connectivity index (χ1) is 7.09. The highest BCUT2D eigenvalue weighted by Crippen LogP contribution is 2.08. The van der Waals surface area contributed by atoms with Crippen LogP contribution in [0.25, 0.3) is 0 Å². The summed E-state index contributed by atoms with van der Waals surface area (Å²) in [6.07, 6.45) is 0. The van der Waals surface area contributed by atoms with Gasteiger partial charge < -0.3 is 5.73 Å². The van der Waals surface area contributed by atoms with Crippen LogP contribution in [-0.2, 0) is 16.2 Å². The molecule has 4 nitrogen and oxygen atoms in total. The fourth-order valence-electron chi connectivity index (χ4n) is 0.906. The normalized spacial score (nSPS) is 10.3. The van der Waals surface area contributed by atoms with E-state index in [4.69, 9.17) is 5.73 Å². The maximum atomic E-state index is 12.7. The third kappa shape index (κ3) is 4.01. The van der Waals surface area contributed by atoms with E-state index in [0.717, 1.165) is 12.1 Å². The molecule has 0 fully saturated rings. The molecule has 0 aromatic heterocycles. The monoisotopic (exact) mass is 216 g/mol. The second-order valence-electron chi connectivity index (χ2n) is 2.82. The van der Waals surface area contributed by atoms with Gasteiger partial charge in [0.05, 0.1) is 0 Å². The SMILES string of the molecule is NC(=O)CONCc1ccc(F)c(F)c1. The van der Waals surface area contributed by atoms with Gasteiger partial charge in [-0.25, -0.2) is 8.78 Å². The molecular formula is C9H10F2N2O2. The smallest absolute Gasteiger partial charge is 0.245 e. The van der Waals surface area contributed by atoms with E-state index in [1.165, 1.54) is 6.07 Å². The fraction of sp³-hybridized carbons (Fsp3) is 0.222. The lowest BCUT2D eigenvalue weighted by Gasteiger charge is -2.04. The van der Waals surface area contributed by atoms with Gasteiger partial charge in [-0.15, -0.1) is 0 Å². The van der Waals surface area contributed by atoms with E-state index in [1.54, 1.807) is 0 Å². The highest BCUT2D eigenvalue weighted by molar-refractivity contribution is 5.74. The predicted octanol–water partition coefficient (Wildman–Crippen LogP) is 0.471. The van der Waals surface area contributed by atoms with Crippen LogP contribution in [0.3, 0.4) is 0 Å². The number of nitrogens with one attached hydrogen (secondary N) is 1. The van der Waals surface area contributed by atoms with Gasteiger partial charge in [-0.3, -0.25) is 9.63 Å². The predicted molar refractivity (Wildman–Crippen MR) is 48.3 cm³/mol. The zero-order valence-electron chi connectivity index (χ0n) is 7.80. The molecule has 6 heteroatoms. The second kappa shape index (κ2) is 5.38. The Balaban J connectivity index is 2.38. The van der Waals surface area contributed by atoms with Crippen LogP contribution >= 0.6 is 0 Å². The van der Waals surface area contributed by atoms with Crippen LogP contribution in [0, 0.1) is 11.6 Å². The summed E-state index contributed by atoms with van der Waals surface area (Å²) in [6.45, 7) is -0.117. The highest BCUT2D eigenvalue weighted by Gasteiger charge is 2.02. The van der Waals surface area contributed by atoms with E-state index in [2.05, 4.69) is 10.3 Å². The molecule has 1 aromatic carbocycles. The molecule has 0 radical (unpaired) electrons. The van der Waals surface area contributed by atoms with Crippen LogP contribution in [0.15, 0.2) is 18.2 Å². The van der Waals surface area contributed by atoms with Gasteiger partial charge in [0.25, 0.3) is 0 Å². The van der Waals surface area contributed by atoms with Crippen molar-refractivity contribution in [2.75, 3.05) is 6.61 Å². The molecule has 0 atom stereocenters. The molecule has 0 saturated heterocycles. The highest BCUT2D eigenvalue weighted by atomic mass is 19.2. The van der Waals surface area contributed by atoms with Crippen LogP contribution in [-0.4, -0.2) is 12.5 Å². The van der Waals surface area contributed by atoms with Crippen LogP contribution in [0.1, 0.15) is 5.56 Å². The zero-order chi connectivity index (χ0) is 11.3. The number of rotatable bonds is 5. The molecule has 3 N–H and O–H groups in total. The lowest BCUT2D eigenvalue weighted by atomic mass is 10.2. The summed E-state index contributed by atoms with van der Waals surface area (Å²) in [5.74, 6) is -2.45. The van der Waals surface area contributed by atoms with Gasteiger partial charge in [0.15, 0.2) is 11.6 Å². The number of carbonyl (C=O) groups excluding carboxylic acids is 1. The number of nitrogens with two attached hydrogens (primary N) is 1. The third-order valence-corrected chi connectivity index (χ3v) is 1.58. The number of primary amides is 1. The number of amides is 1. The Morgan fingerprint density at radius 3 is 2.73 bits per heavy atom. The maximum absolute atomic E-state index is 12.7. The molecule has 0 saturated carbocycles. The first kappa shape index (κ1) is 11.5. The lowest BCUT2D eigenvalue weighted by Crippen LogP contribution is -2.24. The topological polar surface area (TPSA) is 64.4 Å². The van der Waals surface area contributed by atoms with E-state index in [9.17, 15) is 13.6 Å². The van der Waals surface area contributed by atoms with Crippen molar-refractivity contribution in [3.05, 3.63) is 35.4 Å². The van der Waals surface area contributed by atoms with Crippen LogP contribution in [0.5, 0.6) is 0 Å². The summed E-state index contributed by atoms with van der Waals surface area (Å²) in [6, 6.07) is 3.45. The second-order valence-corrected chi connectivity index (χ2v) is 2.82. The van der Waals surface area contributed by atoms with Crippen molar-refractivity contribution in [1.29, 1.82) is 0 Å². The van der Waals surface area contributed by atoms with Gasteiger partial charge in [-0.05, 0) is 17.7 Å². The quantitative estimate of drug-likeness (QED) is 0.555. The van der Waals surface area contributed by atoms with Crippen molar-refractivity contribution in [2.45, 2.75) is 6.54 Å². The zero-order valence-corrected chi connectivity index (χ0v) is 7.80. The van der Waals surface area contributed by atoms with Gasteiger partial charge in [0.1, 0.15) is 6.61 Å². The number of halogens is 2. The van der Waals surface area contributed by atoms with Gasteiger partial charge in [-0.2, -0.15) is 5.48 Å². The fourth-order valence-corrected chi connectivity index (χ4v) is 0.906. The number of hydrogen-bond donors (Lipinski definition) is 2. The van der Waals surface area contributed by atoms with E-state index in [-0.39, 0.29) is 13.2 Å². The summed E-state index contributed by atoms with van der Waals surface area (Å²) in [4.78, 5) is 14.9. The van der Waals surface area contributed by atoms with Crippen molar-refractivity contribution < 1.29 is 18.4 Å². The number of hydrogen-bond acceptors (Lipinski definition) is 3. The Bertz CT molecular complexity index is 358. The minimum Gasteiger partial charge on any atom is -0.368 e. The molecule has 0 aliphatic carbocycles. The Morgan fingerprint density at radius 2 is 2.13 bits per heavy atom. The molecule has 0 aliphatic heterocycles. The molecule has 0 bridgehead atoms. The molecule has 0 aliphatic rings. The van der Waals surface area contributed by atoms with E-state index in [1.807, 2.05) is 0 Å². The summed E-state index contributed by atoms with van der Waals surface area (Å²) < 4.78 is 25.2. The molecule has 82 valence electrons. The average molecular weight is 216 g/mol. The van der Waals surface area contributed by atoms with E-state index < -0.39 is 17.5 Å². The number of carbonyl (C=O) groups is 1. The Hall–Kier alpha value is -1.53. The minimum atomic E-state index is -0.927. The molecule has 1 rings (SSSR count). The van der Waals surface area contributed by atoms with E-state index >= 15 is 0 Å². The van der Waals surface area contributed by atoms with Crippen LogP contribution in [0.2, 0.25) is 0 Å². The lowest BCUT2D eigenvalue weighted by molar-refractivity contribution is -0.125. The Kier molecular flexibility index (Phi) is 4.14. The molecule has 0 heterocycles. The van der Waals surface area contributed by atoms with Crippen molar-refractivity contribution in [3.8, 4) is 0 Å². The molecule has 0 spiro atoms. The summed E-state index contributed by atoms with van der Waals surface area (Å²) in [5, 5.41) is 0. The Morgan fingerprint density at radius 1 is 1.40 bits per heavy atom. The van der Waals surface area contributed by atoms with Gasteiger partial charge in [0.2, 0.25) is 5.91 Å². The first-order valence-corrected chi connectivity index (χ1v) is 4.16. The summed E-state index contributed by atoms with van der Waals surface area (Å²) >= 11 is 0. The largest absolute Gasteiger partial charge is 0.368 e. The van der Waals surface area contributed by atoms with Gasteiger partial charge in [0, 0.05) is 6.54 Å². The van der Waals surface area contributed by atoms with Crippen molar-refractivity contribution in [1.82, 2.24) is 5.48 Å². The minimum absolute atomic E-state index is 0.157. The van der Waals surface area contributed by atoms with Crippen LogP contribution < -0.4 is 11.2 Å². The number of hydroxylamine groups is 1. The molecule has 1 amide bonds. The van der Waals surface area contributed by atoms with Gasteiger partial charge >= 0.3 is 0 Å². The standard InChI is InChI=1S/C9H10F2N2O2/c10-7-2-1-6(3-8(7)11)4-13-15-5-9(12)14/h1-3,13H,4-5H2,(H2,12,14). The molecular weight excluding hydrogens is 206 g/mol. The summed E-state index contributed by atoms with van der Waals surface area (Å²) in [7, 11) is 0. The molecule has 15 heavy (non-hydrogen) atoms. The van der Waals surface area contributed by atoms with Crippen molar-refractivity contribution >= 4 is 5.91 Å². The maximum Gasteiger partial charge on any atom is 0.245 e. The number of benzene rings is 1. The molecule has 0 unspecified atom stereocenters. The Labute approximate surface area is 85.0 Å². The average Bonchev–Trinajstić information content (AvgIpc) is 2.18. The van der Waals surface area contributed by atoms with Crippen molar-refractivity contribution in [2.24, 2.45) is 5.73 Å². The van der Waals surface area contributed by atoms with Gasteiger partial charge in [-0.1, -0.05) is 6.07 Å². The molecule has 1 aromatic rings. The van der Waals surface area contributed by atoms with Crippen molar-refractivity contribution in [3.63, 3.8) is 0 Å². The van der Waals surface area contributed by atoms with E-state index in [0.29, 0.717) is 5.56 Å². The summed E-state index contributed by atoms with van der Waals surface area (Å²) in [5.41, 5.74) is 7.69. The van der Waals surface area contributed by atoms with Crippen LogP contribution in [0.4, 0.5) is 8.78 Å². The third-order valence-electron chi connectivity index (χ3n) is 1.58. The first-order valence-electron chi connectivity index (χ1n) is 4.16.